The Morgan fingerprint density at radius 1 is 1.07 bits per heavy atom. The van der Waals surface area contributed by atoms with Gasteiger partial charge in [0, 0.05) is 17.5 Å². The molecular weight excluding hydrogens is 354 g/mol. The standard InChI is InChI=1S/C22H25N3O3/c26-18-6-5-17(18)23-21-16-11-28-22(7-8-22)10-15(16)20(24-25-21)14-4-3-13(9-19(14)27)12-1-2-12/h3-4,9,12,17-18,26-27H,1-2,5-8,10-11H2,(H,23,25)/t17-,18-/m1/s1. The van der Waals surface area contributed by atoms with E-state index in [4.69, 9.17) is 4.74 Å². The molecule has 1 spiro atoms. The van der Waals surface area contributed by atoms with Gasteiger partial charge in [0.15, 0.2) is 5.82 Å². The number of nitrogens with one attached hydrogen (secondary N) is 1. The van der Waals surface area contributed by atoms with Gasteiger partial charge < -0.3 is 20.3 Å². The normalized spacial score (nSPS) is 27.2. The van der Waals surface area contributed by atoms with Crippen LogP contribution in [-0.2, 0) is 17.8 Å². The van der Waals surface area contributed by atoms with E-state index in [9.17, 15) is 10.2 Å². The lowest BCUT2D eigenvalue weighted by molar-refractivity contribution is 0.00814. The second kappa shape index (κ2) is 5.91. The predicted octanol–water partition coefficient (Wildman–Crippen LogP) is 3.27. The van der Waals surface area contributed by atoms with Crippen LogP contribution in [-0.4, -0.2) is 38.2 Å². The maximum Gasteiger partial charge on any atom is 0.154 e. The molecule has 1 aromatic heterocycles. The van der Waals surface area contributed by atoms with Gasteiger partial charge in [-0.05, 0) is 67.7 Å². The van der Waals surface area contributed by atoms with Crippen LogP contribution in [0.5, 0.6) is 5.75 Å². The Bertz CT molecular complexity index is 952. The van der Waals surface area contributed by atoms with E-state index >= 15 is 0 Å². The molecule has 0 saturated heterocycles. The number of phenolic OH excluding ortho intramolecular Hbond substituents is 1. The molecular formula is C22H25N3O3. The highest BCUT2D eigenvalue weighted by Crippen LogP contribution is 2.50. The van der Waals surface area contributed by atoms with Crippen LogP contribution in [0, 0.1) is 0 Å². The number of nitrogens with zero attached hydrogens (tertiary/aromatic N) is 2. The molecule has 6 heteroatoms. The van der Waals surface area contributed by atoms with Gasteiger partial charge >= 0.3 is 0 Å². The number of hydrogen-bond acceptors (Lipinski definition) is 6. The summed E-state index contributed by atoms with van der Waals surface area (Å²) in [5, 5.41) is 33.0. The Morgan fingerprint density at radius 3 is 2.57 bits per heavy atom. The fraction of sp³-hybridized carbons (Fsp3) is 0.545. The van der Waals surface area contributed by atoms with Gasteiger partial charge in [-0.1, -0.05) is 6.07 Å². The first-order valence-electron chi connectivity index (χ1n) is 10.4. The molecule has 2 heterocycles. The van der Waals surface area contributed by atoms with Gasteiger partial charge in [0.1, 0.15) is 11.4 Å². The number of aromatic nitrogens is 2. The maximum atomic E-state index is 10.7. The zero-order valence-electron chi connectivity index (χ0n) is 15.8. The number of ether oxygens (including phenoxy) is 1. The van der Waals surface area contributed by atoms with Gasteiger partial charge in [-0.2, -0.15) is 0 Å². The Labute approximate surface area is 164 Å². The molecule has 6 rings (SSSR count). The van der Waals surface area contributed by atoms with Gasteiger partial charge in [-0.3, -0.25) is 0 Å². The molecule has 2 atom stereocenters. The first kappa shape index (κ1) is 16.7. The van der Waals surface area contributed by atoms with Crippen molar-refractivity contribution in [2.75, 3.05) is 5.32 Å². The minimum atomic E-state index is -0.324. The summed E-state index contributed by atoms with van der Waals surface area (Å²) in [5.41, 5.74) is 4.83. The third kappa shape index (κ3) is 2.70. The van der Waals surface area contributed by atoms with Crippen molar-refractivity contribution in [1.29, 1.82) is 0 Å². The third-order valence-electron chi connectivity index (χ3n) is 6.90. The van der Waals surface area contributed by atoms with Crippen molar-refractivity contribution < 1.29 is 14.9 Å². The molecule has 2 aromatic rings. The number of aliphatic hydroxyl groups excluding tert-OH is 1. The molecule has 0 bridgehead atoms. The van der Waals surface area contributed by atoms with E-state index in [2.05, 4.69) is 21.6 Å². The van der Waals surface area contributed by atoms with Crippen LogP contribution in [0.25, 0.3) is 11.3 Å². The number of hydrogen-bond donors (Lipinski definition) is 3. The van der Waals surface area contributed by atoms with Crippen LogP contribution in [0.2, 0.25) is 0 Å². The number of benzene rings is 1. The highest BCUT2D eigenvalue weighted by atomic mass is 16.5. The van der Waals surface area contributed by atoms with E-state index in [1.54, 1.807) is 0 Å². The van der Waals surface area contributed by atoms with Crippen LogP contribution < -0.4 is 5.32 Å². The van der Waals surface area contributed by atoms with Crippen LogP contribution >= 0.6 is 0 Å². The van der Waals surface area contributed by atoms with Gasteiger partial charge in [0.2, 0.25) is 0 Å². The van der Waals surface area contributed by atoms with Crippen LogP contribution in [0.4, 0.5) is 5.82 Å². The van der Waals surface area contributed by atoms with Gasteiger partial charge in [-0.15, -0.1) is 10.2 Å². The minimum absolute atomic E-state index is 0.0345. The number of aromatic hydroxyl groups is 1. The molecule has 3 N–H and O–H groups in total. The summed E-state index contributed by atoms with van der Waals surface area (Å²) in [6, 6.07) is 6.03. The average Bonchev–Trinajstić information content (AvgIpc) is 3.62. The first-order valence-corrected chi connectivity index (χ1v) is 10.4. The van der Waals surface area contributed by atoms with Crippen molar-refractivity contribution in [3.63, 3.8) is 0 Å². The van der Waals surface area contributed by atoms with E-state index in [-0.39, 0.29) is 23.5 Å². The molecule has 3 saturated carbocycles. The highest BCUT2D eigenvalue weighted by molar-refractivity contribution is 5.73. The quantitative estimate of drug-likeness (QED) is 0.756. The van der Waals surface area contributed by atoms with E-state index in [1.165, 1.54) is 18.4 Å². The van der Waals surface area contributed by atoms with Crippen LogP contribution in [0.15, 0.2) is 18.2 Å². The summed E-state index contributed by atoms with van der Waals surface area (Å²) in [6.45, 7) is 0.504. The largest absolute Gasteiger partial charge is 0.507 e. The van der Waals surface area contributed by atoms with Crippen LogP contribution in [0.3, 0.4) is 0 Å². The Hall–Kier alpha value is -2.18. The molecule has 146 valence electrons. The molecule has 28 heavy (non-hydrogen) atoms. The highest BCUT2D eigenvalue weighted by Gasteiger charge is 2.48. The van der Waals surface area contributed by atoms with Crippen molar-refractivity contribution in [2.45, 2.75) is 75.2 Å². The zero-order valence-corrected chi connectivity index (χ0v) is 15.8. The Morgan fingerprint density at radius 2 is 1.93 bits per heavy atom. The number of rotatable bonds is 4. The van der Waals surface area contributed by atoms with E-state index in [1.807, 2.05) is 12.1 Å². The van der Waals surface area contributed by atoms with Crippen molar-refractivity contribution in [2.24, 2.45) is 0 Å². The number of phenols is 1. The fourth-order valence-electron chi connectivity index (χ4n) is 4.49. The number of aliphatic hydroxyl groups is 1. The van der Waals surface area contributed by atoms with Crippen LogP contribution in [0.1, 0.15) is 61.1 Å². The monoisotopic (exact) mass is 379 g/mol. The van der Waals surface area contributed by atoms with E-state index < -0.39 is 0 Å². The summed E-state index contributed by atoms with van der Waals surface area (Å²) in [4.78, 5) is 0. The lowest BCUT2D eigenvalue weighted by Crippen LogP contribution is -2.43. The lowest BCUT2D eigenvalue weighted by Gasteiger charge is -2.35. The molecule has 3 aliphatic carbocycles. The number of fused-ring (bicyclic) bond motifs is 1. The maximum absolute atomic E-state index is 10.7. The van der Waals surface area contributed by atoms with Gasteiger partial charge in [0.25, 0.3) is 0 Å². The Kier molecular flexibility index (Phi) is 3.53. The summed E-state index contributed by atoms with van der Waals surface area (Å²) in [6.07, 6.45) is 6.81. The van der Waals surface area contributed by atoms with Crippen molar-refractivity contribution in [3.8, 4) is 17.0 Å². The number of anilines is 1. The summed E-state index contributed by atoms with van der Waals surface area (Å²) in [7, 11) is 0. The third-order valence-corrected chi connectivity index (χ3v) is 6.90. The summed E-state index contributed by atoms with van der Waals surface area (Å²) < 4.78 is 6.15. The average molecular weight is 379 g/mol. The zero-order chi connectivity index (χ0) is 18.9. The molecule has 4 aliphatic rings. The second-order valence-corrected chi connectivity index (χ2v) is 8.95. The molecule has 3 fully saturated rings. The van der Waals surface area contributed by atoms with E-state index in [0.29, 0.717) is 18.3 Å². The fourth-order valence-corrected chi connectivity index (χ4v) is 4.49. The molecule has 0 amide bonds. The first-order chi connectivity index (χ1) is 13.6. The smallest absolute Gasteiger partial charge is 0.154 e. The molecule has 0 unspecified atom stereocenters. The molecule has 0 radical (unpaired) electrons. The lowest BCUT2D eigenvalue weighted by atomic mass is 9.88. The summed E-state index contributed by atoms with van der Waals surface area (Å²) in [5.74, 6) is 1.60. The SMILES string of the molecule is Oc1cc(C2CC2)ccc1-c1nnc(N[C@@H]2CC[C@H]2O)c2c1CC1(CC1)OC2. The minimum Gasteiger partial charge on any atom is -0.507 e. The van der Waals surface area contributed by atoms with Crippen molar-refractivity contribution in [1.82, 2.24) is 10.2 Å². The molecule has 6 nitrogen and oxygen atoms in total. The van der Waals surface area contributed by atoms with Gasteiger partial charge in [0.05, 0.1) is 24.4 Å². The second-order valence-electron chi connectivity index (χ2n) is 8.95. The predicted molar refractivity (Wildman–Crippen MR) is 104 cm³/mol. The molecule has 1 aliphatic heterocycles. The van der Waals surface area contributed by atoms with E-state index in [0.717, 1.165) is 54.5 Å². The topological polar surface area (TPSA) is 87.5 Å². The van der Waals surface area contributed by atoms with Crippen molar-refractivity contribution in [3.05, 3.63) is 34.9 Å². The van der Waals surface area contributed by atoms with Crippen molar-refractivity contribution >= 4 is 5.82 Å². The Balaban J connectivity index is 1.41. The summed E-state index contributed by atoms with van der Waals surface area (Å²) >= 11 is 0. The molecule has 1 aromatic carbocycles. The van der Waals surface area contributed by atoms with Gasteiger partial charge in [-0.25, -0.2) is 0 Å².